The highest BCUT2D eigenvalue weighted by molar-refractivity contribution is 7.09. The first-order valence-electron chi connectivity index (χ1n) is 8.57. The summed E-state index contributed by atoms with van der Waals surface area (Å²) in [5, 5.41) is 8.63. The summed E-state index contributed by atoms with van der Waals surface area (Å²) in [5.41, 5.74) is 0. The molecule has 1 atom stereocenters. The maximum absolute atomic E-state index is 12.1. The van der Waals surface area contributed by atoms with Crippen LogP contribution in [0.25, 0.3) is 0 Å². The Balaban J connectivity index is 0.00000144. The van der Waals surface area contributed by atoms with Gasteiger partial charge in [0.05, 0.1) is 6.04 Å². The molecule has 1 amide bonds. The van der Waals surface area contributed by atoms with Gasteiger partial charge < -0.3 is 10.6 Å². The number of amides is 1. The van der Waals surface area contributed by atoms with E-state index in [2.05, 4.69) is 33.0 Å². The van der Waals surface area contributed by atoms with E-state index in [0.717, 1.165) is 39.1 Å². The summed E-state index contributed by atoms with van der Waals surface area (Å²) in [7, 11) is 0. The molecule has 2 aliphatic heterocycles. The quantitative estimate of drug-likeness (QED) is 0.807. The number of piperidine rings is 2. The molecular formula is C17H29Cl2N3OS. The van der Waals surface area contributed by atoms with E-state index >= 15 is 0 Å². The fourth-order valence-corrected chi connectivity index (χ4v) is 4.16. The number of nitrogens with one attached hydrogen (secondary N) is 2. The van der Waals surface area contributed by atoms with Crippen LogP contribution in [0.4, 0.5) is 0 Å². The minimum Gasteiger partial charge on any atom is -0.354 e. The summed E-state index contributed by atoms with van der Waals surface area (Å²) in [5.74, 6) is 0.854. The number of rotatable bonds is 5. The summed E-state index contributed by atoms with van der Waals surface area (Å²) >= 11 is 1.84. The molecule has 3 heterocycles. The van der Waals surface area contributed by atoms with Gasteiger partial charge in [0.25, 0.3) is 0 Å². The van der Waals surface area contributed by atoms with Crippen LogP contribution >= 0.6 is 36.2 Å². The smallest absolute Gasteiger partial charge is 0.237 e. The Bertz CT molecular complexity index is 458. The SMILES string of the molecule is Cl.Cl.O=C(NCC1CCN(Cc2cccs2)CC1)[C@H]1CCCCN1. The van der Waals surface area contributed by atoms with Crippen molar-refractivity contribution < 1.29 is 4.79 Å². The lowest BCUT2D eigenvalue weighted by atomic mass is 9.96. The molecule has 2 saturated heterocycles. The first-order valence-corrected chi connectivity index (χ1v) is 9.45. The molecule has 7 heteroatoms. The fraction of sp³-hybridized carbons (Fsp3) is 0.706. The van der Waals surface area contributed by atoms with Gasteiger partial charge in [0.1, 0.15) is 0 Å². The molecule has 138 valence electrons. The largest absolute Gasteiger partial charge is 0.354 e. The van der Waals surface area contributed by atoms with Crippen molar-refractivity contribution in [2.75, 3.05) is 26.2 Å². The maximum atomic E-state index is 12.1. The zero-order valence-corrected chi connectivity index (χ0v) is 16.5. The minimum atomic E-state index is 0. The second kappa shape index (κ2) is 11.3. The third kappa shape index (κ3) is 6.52. The summed E-state index contributed by atoms with van der Waals surface area (Å²) < 4.78 is 0. The molecule has 0 bridgehead atoms. The van der Waals surface area contributed by atoms with Gasteiger partial charge in [-0.2, -0.15) is 0 Å². The number of likely N-dealkylation sites (tertiary alicyclic amines) is 1. The van der Waals surface area contributed by atoms with Crippen molar-refractivity contribution in [3.05, 3.63) is 22.4 Å². The number of hydrogen-bond donors (Lipinski definition) is 2. The van der Waals surface area contributed by atoms with Crippen molar-refractivity contribution in [3.63, 3.8) is 0 Å². The zero-order chi connectivity index (χ0) is 15.2. The van der Waals surface area contributed by atoms with E-state index in [1.54, 1.807) is 0 Å². The van der Waals surface area contributed by atoms with Gasteiger partial charge in [-0.3, -0.25) is 9.69 Å². The molecule has 0 saturated carbocycles. The number of halogens is 2. The average Bonchev–Trinajstić information content (AvgIpc) is 3.08. The highest BCUT2D eigenvalue weighted by Crippen LogP contribution is 2.20. The number of hydrogen-bond acceptors (Lipinski definition) is 4. The van der Waals surface area contributed by atoms with E-state index in [1.165, 1.54) is 30.6 Å². The number of thiophene rings is 1. The van der Waals surface area contributed by atoms with Crippen LogP contribution in [0.3, 0.4) is 0 Å². The maximum Gasteiger partial charge on any atom is 0.237 e. The Hall–Kier alpha value is -0.330. The average molecular weight is 394 g/mol. The Morgan fingerprint density at radius 2 is 2.04 bits per heavy atom. The van der Waals surface area contributed by atoms with Gasteiger partial charge in [0.2, 0.25) is 5.91 Å². The monoisotopic (exact) mass is 393 g/mol. The topological polar surface area (TPSA) is 44.4 Å². The van der Waals surface area contributed by atoms with Gasteiger partial charge in [0.15, 0.2) is 0 Å². The standard InChI is InChI=1S/C17H27N3OS.2ClH/c21-17(16-5-1-2-8-18-16)19-12-14-6-9-20(10-7-14)13-15-4-3-11-22-15;;/h3-4,11,14,16,18H,1-2,5-10,12-13H2,(H,19,21);2*1H/t16-;;/m1../s1. The molecule has 2 N–H and O–H groups in total. The first-order chi connectivity index (χ1) is 10.8. The normalized spacial score (nSPS) is 22.2. The third-order valence-electron chi connectivity index (χ3n) is 4.86. The fourth-order valence-electron chi connectivity index (χ4n) is 3.42. The van der Waals surface area contributed by atoms with Gasteiger partial charge in [-0.1, -0.05) is 12.5 Å². The molecule has 1 aromatic heterocycles. The number of carbonyl (C=O) groups is 1. The van der Waals surface area contributed by atoms with E-state index in [9.17, 15) is 4.79 Å². The van der Waals surface area contributed by atoms with Crippen LogP contribution < -0.4 is 10.6 Å². The molecule has 0 radical (unpaired) electrons. The predicted octanol–water partition coefficient (Wildman–Crippen LogP) is 3.06. The molecule has 24 heavy (non-hydrogen) atoms. The lowest BCUT2D eigenvalue weighted by Crippen LogP contribution is -2.48. The van der Waals surface area contributed by atoms with Crippen LogP contribution in [-0.2, 0) is 11.3 Å². The van der Waals surface area contributed by atoms with Crippen LogP contribution in [0.5, 0.6) is 0 Å². The Morgan fingerprint density at radius 1 is 1.25 bits per heavy atom. The van der Waals surface area contributed by atoms with E-state index in [4.69, 9.17) is 0 Å². The third-order valence-corrected chi connectivity index (χ3v) is 5.72. The molecule has 0 aromatic carbocycles. The second-order valence-corrected chi connectivity index (χ2v) is 7.58. The van der Waals surface area contributed by atoms with Crippen LogP contribution in [0.15, 0.2) is 17.5 Å². The Morgan fingerprint density at radius 3 is 2.67 bits per heavy atom. The van der Waals surface area contributed by atoms with E-state index in [-0.39, 0.29) is 36.8 Å². The molecule has 0 unspecified atom stereocenters. The highest BCUT2D eigenvalue weighted by Gasteiger charge is 2.23. The molecule has 0 aliphatic carbocycles. The minimum absolute atomic E-state index is 0. The van der Waals surface area contributed by atoms with Gasteiger partial charge in [0, 0.05) is 18.0 Å². The number of carbonyl (C=O) groups excluding carboxylic acids is 1. The van der Waals surface area contributed by atoms with E-state index in [0.29, 0.717) is 5.92 Å². The van der Waals surface area contributed by atoms with Crippen LogP contribution in [0.2, 0.25) is 0 Å². The second-order valence-electron chi connectivity index (χ2n) is 6.55. The van der Waals surface area contributed by atoms with Crippen molar-refractivity contribution in [3.8, 4) is 0 Å². The zero-order valence-electron chi connectivity index (χ0n) is 14.0. The predicted molar refractivity (Wildman–Crippen MR) is 105 cm³/mol. The summed E-state index contributed by atoms with van der Waals surface area (Å²) in [6.45, 7) is 5.23. The lowest BCUT2D eigenvalue weighted by molar-refractivity contribution is -0.123. The first kappa shape index (κ1) is 21.7. The molecule has 3 rings (SSSR count). The van der Waals surface area contributed by atoms with Crippen molar-refractivity contribution in [1.82, 2.24) is 15.5 Å². The summed E-state index contributed by atoms with van der Waals surface area (Å²) in [4.78, 5) is 16.1. The highest BCUT2D eigenvalue weighted by atomic mass is 35.5. The van der Waals surface area contributed by atoms with Gasteiger partial charge in [-0.15, -0.1) is 36.2 Å². The molecule has 2 aliphatic rings. The molecular weight excluding hydrogens is 365 g/mol. The molecule has 1 aromatic rings. The van der Waals surface area contributed by atoms with E-state index in [1.807, 2.05) is 11.3 Å². The van der Waals surface area contributed by atoms with Gasteiger partial charge >= 0.3 is 0 Å². The number of nitrogens with zero attached hydrogens (tertiary/aromatic N) is 1. The van der Waals surface area contributed by atoms with Crippen LogP contribution in [0.1, 0.15) is 37.0 Å². The van der Waals surface area contributed by atoms with Crippen molar-refractivity contribution in [2.24, 2.45) is 5.92 Å². The van der Waals surface area contributed by atoms with Crippen molar-refractivity contribution in [1.29, 1.82) is 0 Å². The lowest BCUT2D eigenvalue weighted by Gasteiger charge is -2.32. The summed E-state index contributed by atoms with van der Waals surface area (Å²) in [6.07, 6.45) is 5.76. The van der Waals surface area contributed by atoms with Gasteiger partial charge in [-0.05, 0) is 62.7 Å². The van der Waals surface area contributed by atoms with Crippen molar-refractivity contribution >= 4 is 42.1 Å². The van der Waals surface area contributed by atoms with Crippen molar-refractivity contribution in [2.45, 2.75) is 44.7 Å². The van der Waals surface area contributed by atoms with Crippen LogP contribution in [0, 0.1) is 5.92 Å². The molecule has 2 fully saturated rings. The van der Waals surface area contributed by atoms with Gasteiger partial charge in [-0.25, -0.2) is 0 Å². The Kier molecular flexibility index (Phi) is 10.2. The molecule has 0 spiro atoms. The summed E-state index contributed by atoms with van der Waals surface area (Å²) in [6, 6.07) is 4.39. The van der Waals surface area contributed by atoms with Crippen LogP contribution in [-0.4, -0.2) is 43.0 Å². The van der Waals surface area contributed by atoms with E-state index < -0.39 is 0 Å². The molecule has 4 nitrogen and oxygen atoms in total. The Labute approximate surface area is 161 Å².